The van der Waals surface area contributed by atoms with Gasteiger partial charge in [0.15, 0.2) is 0 Å². The van der Waals surface area contributed by atoms with Crippen molar-refractivity contribution in [2.24, 2.45) is 0 Å². The summed E-state index contributed by atoms with van der Waals surface area (Å²) in [7, 11) is -3.76. The predicted molar refractivity (Wildman–Crippen MR) is 109 cm³/mol. The molecule has 0 aliphatic heterocycles. The molecule has 1 heterocycles. The Hall–Kier alpha value is -2.38. The maximum absolute atomic E-state index is 13.2. The van der Waals surface area contributed by atoms with Gasteiger partial charge in [0, 0.05) is 5.38 Å². The molecule has 0 aliphatic rings. The van der Waals surface area contributed by atoms with Gasteiger partial charge in [0.2, 0.25) is 0 Å². The highest BCUT2D eigenvalue weighted by atomic mass is 32.2. The molecule has 7 heteroatoms. The van der Waals surface area contributed by atoms with Crippen LogP contribution in [-0.4, -0.2) is 13.4 Å². The maximum atomic E-state index is 13.2. The highest BCUT2D eigenvalue weighted by molar-refractivity contribution is 7.92. The van der Waals surface area contributed by atoms with Crippen molar-refractivity contribution in [3.05, 3.63) is 69.2 Å². The van der Waals surface area contributed by atoms with Crippen molar-refractivity contribution in [2.45, 2.75) is 39.2 Å². The Kier molecular flexibility index (Phi) is 5.53. The number of thiazole rings is 1. The van der Waals surface area contributed by atoms with E-state index in [1.54, 1.807) is 23.7 Å². The topological polar surface area (TPSA) is 68.3 Å². The Morgan fingerprint density at radius 2 is 1.74 bits per heavy atom. The van der Waals surface area contributed by atoms with Gasteiger partial charge in [0.1, 0.15) is 12.4 Å². The van der Waals surface area contributed by atoms with Gasteiger partial charge in [-0.05, 0) is 62.1 Å². The van der Waals surface area contributed by atoms with Crippen LogP contribution in [0.5, 0.6) is 5.75 Å². The number of benzene rings is 2. The minimum Gasteiger partial charge on any atom is -0.485 e. The molecule has 0 unspecified atom stereocenters. The van der Waals surface area contributed by atoms with E-state index in [2.05, 4.69) is 9.71 Å². The lowest BCUT2D eigenvalue weighted by atomic mass is 10.0. The van der Waals surface area contributed by atoms with E-state index in [9.17, 15) is 8.42 Å². The quantitative estimate of drug-likeness (QED) is 0.646. The summed E-state index contributed by atoms with van der Waals surface area (Å²) >= 11 is 1.49. The SMILES string of the molecule is Cc1cc(C)c(C)c(S(=O)(=O)Nc2ccccc2OCc2cscn2)c1C. The van der Waals surface area contributed by atoms with Crippen LogP contribution >= 0.6 is 11.3 Å². The van der Waals surface area contributed by atoms with Gasteiger partial charge in [0.25, 0.3) is 10.0 Å². The molecular formula is C20H22N2O3S2. The lowest BCUT2D eigenvalue weighted by molar-refractivity contribution is 0.304. The first-order chi connectivity index (χ1) is 12.8. The minimum absolute atomic E-state index is 0.282. The number of rotatable bonds is 6. The molecule has 3 aromatic rings. The lowest BCUT2D eigenvalue weighted by Gasteiger charge is -2.18. The van der Waals surface area contributed by atoms with Gasteiger partial charge in [-0.25, -0.2) is 13.4 Å². The number of ether oxygens (including phenoxy) is 1. The Morgan fingerprint density at radius 3 is 2.37 bits per heavy atom. The highest BCUT2D eigenvalue weighted by Crippen LogP contribution is 2.31. The number of sulfonamides is 1. The summed E-state index contributed by atoms with van der Waals surface area (Å²) < 4.78 is 34.8. The summed E-state index contributed by atoms with van der Waals surface area (Å²) in [5.41, 5.74) is 6.36. The third-order valence-corrected chi connectivity index (χ3v) is 6.83. The first-order valence-electron chi connectivity index (χ1n) is 8.48. The molecule has 0 saturated carbocycles. The molecular weight excluding hydrogens is 380 g/mol. The van der Waals surface area contributed by atoms with E-state index in [0.717, 1.165) is 27.9 Å². The summed E-state index contributed by atoms with van der Waals surface area (Å²) in [6.07, 6.45) is 0. The molecule has 142 valence electrons. The first kappa shape index (κ1) is 19.4. The van der Waals surface area contributed by atoms with E-state index < -0.39 is 10.0 Å². The summed E-state index contributed by atoms with van der Waals surface area (Å²) in [5.74, 6) is 0.466. The van der Waals surface area contributed by atoms with Crippen molar-refractivity contribution in [3.63, 3.8) is 0 Å². The number of nitrogens with one attached hydrogen (secondary N) is 1. The summed E-state index contributed by atoms with van der Waals surface area (Å²) in [4.78, 5) is 4.51. The molecule has 2 aromatic carbocycles. The van der Waals surface area contributed by atoms with E-state index >= 15 is 0 Å². The smallest absolute Gasteiger partial charge is 0.262 e. The molecule has 0 radical (unpaired) electrons. The third kappa shape index (κ3) is 4.14. The second kappa shape index (κ2) is 7.70. The van der Waals surface area contributed by atoms with E-state index in [0.29, 0.717) is 16.3 Å². The molecule has 5 nitrogen and oxygen atoms in total. The van der Waals surface area contributed by atoms with Crippen LogP contribution in [0.1, 0.15) is 27.9 Å². The van der Waals surface area contributed by atoms with Gasteiger partial charge in [0.05, 0.1) is 21.8 Å². The van der Waals surface area contributed by atoms with Gasteiger partial charge >= 0.3 is 0 Å². The molecule has 1 aromatic heterocycles. The number of anilines is 1. The van der Waals surface area contributed by atoms with Gasteiger partial charge in [-0.1, -0.05) is 18.2 Å². The van der Waals surface area contributed by atoms with Crippen LogP contribution in [-0.2, 0) is 16.6 Å². The van der Waals surface area contributed by atoms with Gasteiger partial charge in [-0.15, -0.1) is 11.3 Å². The Bertz CT molecular complexity index is 1030. The zero-order valence-electron chi connectivity index (χ0n) is 15.7. The fraction of sp³-hybridized carbons (Fsp3) is 0.250. The molecule has 0 fully saturated rings. The summed E-state index contributed by atoms with van der Waals surface area (Å²) in [6.45, 7) is 7.79. The van der Waals surface area contributed by atoms with Crippen molar-refractivity contribution in [2.75, 3.05) is 4.72 Å². The van der Waals surface area contributed by atoms with Crippen molar-refractivity contribution < 1.29 is 13.2 Å². The van der Waals surface area contributed by atoms with Crippen LogP contribution in [0.3, 0.4) is 0 Å². The maximum Gasteiger partial charge on any atom is 0.262 e. The van der Waals surface area contributed by atoms with Crippen LogP contribution in [0.25, 0.3) is 0 Å². The minimum atomic E-state index is -3.76. The molecule has 0 saturated heterocycles. The number of para-hydroxylation sites is 2. The van der Waals surface area contributed by atoms with Crippen molar-refractivity contribution in [3.8, 4) is 5.75 Å². The van der Waals surface area contributed by atoms with E-state index in [4.69, 9.17) is 4.74 Å². The number of nitrogens with zero attached hydrogens (tertiary/aromatic N) is 1. The van der Waals surface area contributed by atoms with Gasteiger partial charge in [-0.3, -0.25) is 4.72 Å². The number of aromatic nitrogens is 1. The normalized spacial score (nSPS) is 11.4. The fourth-order valence-electron chi connectivity index (χ4n) is 2.92. The average molecular weight is 403 g/mol. The summed E-state index contributed by atoms with van der Waals surface area (Å²) in [6, 6.07) is 9.03. The Labute approximate surface area is 164 Å². The van der Waals surface area contributed by atoms with Crippen LogP contribution < -0.4 is 9.46 Å². The fourth-order valence-corrected chi connectivity index (χ4v) is 5.15. The van der Waals surface area contributed by atoms with Crippen LogP contribution in [0.2, 0.25) is 0 Å². The standard InChI is InChI=1S/C20H22N2O3S2/c1-13-9-14(2)16(4)20(15(13)3)27(23,24)22-18-7-5-6-8-19(18)25-10-17-11-26-12-21-17/h5-9,11-12,22H,10H2,1-4H3. The molecule has 0 spiro atoms. The van der Waals surface area contributed by atoms with Crippen molar-refractivity contribution in [1.29, 1.82) is 0 Å². The van der Waals surface area contributed by atoms with E-state index in [1.165, 1.54) is 11.3 Å². The molecule has 0 atom stereocenters. The average Bonchev–Trinajstić information content (AvgIpc) is 3.12. The number of hydrogen-bond acceptors (Lipinski definition) is 5. The molecule has 0 bridgehead atoms. The highest BCUT2D eigenvalue weighted by Gasteiger charge is 2.23. The van der Waals surface area contributed by atoms with Gasteiger partial charge in [-0.2, -0.15) is 0 Å². The second-order valence-electron chi connectivity index (χ2n) is 6.46. The van der Waals surface area contributed by atoms with Crippen LogP contribution in [0.4, 0.5) is 5.69 Å². The lowest BCUT2D eigenvalue weighted by Crippen LogP contribution is -2.17. The number of aryl methyl sites for hydroxylation is 2. The first-order valence-corrected chi connectivity index (χ1v) is 10.9. The zero-order valence-corrected chi connectivity index (χ0v) is 17.4. The predicted octanol–water partition coefficient (Wildman–Crippen LogP) is 4.76. The monoisotopic (exact) mass is 402 g/mol. The third-order valence-electron chi connectivity index (χ3n) is 4.56. The molecule has 1 N–H and O–H groups in total. The second-order valence-corrected chi connectivity index (χ2v) is 8.80. The molecule has 27 heavy (non-hydrogen) atoms. The Balaban J connectivity index is 1.93. The summed E-state index contributed by atoms with van der Waals surface area (Å²) in [5, 5.41) is 1.90. The van der Waals surface area contributed by atoms with Crippen LogP contribution in [0, 0.1) is 27.7 Å². The largest absolute Gasteiger partial charge is 0.485 e. The number of hydrogen-bond donors (Lipinski definition) is 1. The molecule has 0 aliphatic carbocycles. The van der Waals surface area contributed by atoms with Crippen LogP contribution in [0.15, 0.2) is 46.1 Å². The van der Waals surface area contributed by atoms with Crippen molar-refractivity contribution >= 4 is 27.0 Å². The molecule has 3 rings (SSSR count). The Morgan fingerprint density at radius 1 is 1.07 bits per heavy atom. The van der Waals surface area contributed by atoms with E-state index in [1.807, 2.05) is 45.2 Å². The molecule has 0 amide bonds. The van der Waals surface area contributed by atoms with Gasteiger partial charge < -0.3 is 4.74 Å². The zero-order chi connectivity index (χ0) is 19.6. The van der Waals surface area contributed by atoms with Crippen molar-refractivity contribution in [1.82, 2.24) is 4.98 Å². The van der Waals surface area contributed by atoms with E-state index in [-0.39, 0.29) is 6.61 Å².